The molecule has 6 heteroatoms. The summed E-state index contributed by atoms with van der Waals surface area (Å²) in [6.45, 7) is 0. The van der Waals surface area contributed by atoms with Gasteiger partial charge in [-0.2, -0.15) is 0 Å². The monoisotopic (exact) mass is 178 g/mol. The van der Waals surface area contributed by atoms with E-state index in [4.69, 9.17) is 22.9 Å². The molecule has 0 aliphatic carbocycles. The van der Waals surface area contributed by atoms with Crippen molar-refractivity contribution in [2.75, 3.05) is 14.1 Å². The van der Waals surface area contributed by atoms with Gasteiger partial charge in [0.15, 0.2) is 11.9 Å². The largest absolute Gasteiger partial charge is 0.370 e. The van der Waals surface area contributed by atoms with Crippen LogP contribution in [0.25, 0.3) is 0 Å². The fourth-order valence-electron chi connectivity index (χ4n) is 0. The highest BCUT2D eigenvalue weighted by Crippen LogP contribution is 1.40. The molecule has 0 aliphatic rings. The summed E-state index contributed by atoms with van der Waals surface area (Å²) in [5.74, 6) is 0.259. The van der Waals surface area contributed by atoms with Crippen LogP contribution in [0.5, 0.6) is 0 Å². The molecule has 0 aromatic heterocycles. The third-order valence-corrected chi connectivity index (χ3v) is 0.516. The second-order valence-electron chi connectivity index (χ2n) is 1.30. The summed E-state index contributed by atoms with van der Waals surface area (Å²) >= 11 is 0. The number of nitrogens with zero attached hydrogens (tertiary/aromatic N) is 2. The number of aliphatic imine (C=N–C) groups is 2. The molecule has 12 heavy (non-hydrogen) atoms. The van der Waals surface area contributed by atoms with Crippen molar-refractivity contribution in [1.29, 1.82) is 0 Å². The smallest absolute Gasteiger partial charge is 0.185 e. The number of guanidine groups is 2. The van der Waals surface area contributed by atoms with Crippen LogP contribution >= 0.6 is 0 Å². The van der Waals surface area contributed by atoms with Crippen LogP contribution in [0.1, 0.15) is 14.9 Å². The van der Waals surface area contributed by atoms with Gasteiger partial charge < -0.3 is 22.9 Å². The minimum atomic E-state index is 0. The Morgan fingerprint density at radius 2 is 0.833 bits per heavy atom. The minimum absolute atomic E-state index is 0. The molecule has 0 fully saturated rings. The Hall–Kier alpha value is -1.46. The second-order valence-corrected chi connectivity index (χ2v) is 1.30. The maximum Gasteiger partial charge on any atom is 0.185 e. The van der Waals surface area contributed by atoms with Crippen LogP contribution in [0.15, 0.2) is 9.98 Å². The maximum absolute atomic E-state index is 4.82. The Kier molecular flexibility index (Phi) is 30.4. The van der Waals surface area contributed by atoms with Gasteiger partial charge in [-0.15, -0.1) is 0 Å². The summed E-state index contributed by atoms with van der Waals surface area (Å²) in [6, 6.07) is 0. The zero-order valence-electron chi connectivity index (χ0n) is 6.20. The molecular weight excluding hydrogens is 156 g/mol. The van der Waals surface area contributed by atoms with Gasteiger partial charge in [-0.1, -0.05) is 14.9 Å². The molecular formula is C6H22N6. The quantitative estimate of drug-likeness (QED) is 0.281. The van der Waals surface area contributed by atoms with Crippen LogP contribution in [0.2, 0.25) is 0 Å². The van der Waals surface area contributed by atoms with Crippen molar-refractivity contribution in [3.63, 3.8) is 0 Å². The molecule has 76 valence electrons. The average molecular weight is 178 g/mol. The topological polar surface area (TPSA) is 129 Å². The summed E-state index contributed by atoms with van der Waals surface area (Å²) in [4.78, 5) is 6.72. The maximum atomic E-state index is 4.82. The van der Waals surface area contributed by atoms with E-state index in [0.29, 0.717) is 0 Å². The van der Waals surface area contributed by atoms with Gasteiger partial charge in [0.05, 0.1) is 0 Å². The molecule has 0 bridgehead atoms. The van der Waals surface area contributed by atoms with Crippen LogP contribution in [0, 0.1) is 0 Å². The van der Waals surface area contributed by atoms with E-state index in [-0.39, 0.29) is 26.8 Å². The molecule has 0 saturated heterocycles. The van der Waals surface area contributed by atoms with Gasteiger partial charge >= 0.3 is 0 Å². The van der Waals surface area contributed by atoms with E-state index in [0.717, 1.165) is 0 Å². The fourth-order valence-corrected chi connectivity index (χ4v) is 0. The molecule has 0 heterocycles. The van der Waals surface area contributed by atoms with Crippen molar-refractivity contribution >= 4 is 11.9 Å². The first-order valence-corrected chi connectivity index (χ1v) is 2.50. The van der Waals surface area contributed by atoms with E-state index in [1.165, 1.54) is 14.1 Å². The predicted octanol–water partition coefficient (Wildman–Crippen LogP) is -0.949. The molecule has 0 radical (unpaired) electrons. The molecule has 0 aromatic carbocycles. The van der Waals surface area contributed by atoms with Crippen molar-refractivity contribution in [1.82, 2.24) is 0 Å². The third-order valence-electron chi connectivity index (χ3n) is 0.516. The molecule has 8 N–H and O–H groups in total. The number of rotatable bonds is 0. The van der Waals surface area contributed by atoms with Gasteiger partial charge in [0, 0.05) is 14.1 Å². The van der Waals surface area contributed by atoms with Crippen LogP contribution < -0.4 is 22.9 Å². The summed E-state index contributed by atoms with van der Waals surface area (Å²) in [5.41, 5.74) is 19.3. The fraction of sp³-hybridized carbons (Fsp3) is 0.667. The molecule has 0 spiro atoms. The van der Waals surface area contributed by atoms with Crippen LogP contribution in [0.4, 0.5) is 0 Å². The van der Waals surface area contributed by atoms with E-state index in [1.807, 2.05) is 0 Å². The van der Waals surface area contributed by atoms with Crippen LogP contribution in [-0.2, 0) is 0 Å². The van der Waals surface area contributed by atoms with Gasteiger partial charge in [-0.05, 0) is 0 Å². The van der Waals surface area contributed by atoms with E-state index in [9.17, 15) is 0 Å². The molecule has 0 aromatic rings. The third kappa shape index (κ3) is 75.3. The Balaban J connectivity index is -0.0000000457. The number of hydrogen-bond donors (Lipinski definition) is 4. The first-order chi connectivity index (χ1) is 4.54. The Morgan fingerprint density at radius 1 is 0.750 bits per heavy atom. The van der Waals surface area contributed by atoms with E-state index < -0.39 is 0 Å². The highest BCUT2D eigenvalue weighted by atomic mass is 15.0. The van der Waals surface area contributed by atoms with Crippen molar-refractivity contribution in [2.24, 2.45) is 32.9 Å². The molecule has 0 amide bonds. The van der Waals surface area contributed by atoms with Gasteiger partial charge in [0.1, 0.15) is 0 Å². The molecule has 0 saturated carbocycles. The summed E-state index contributed by atoms with van der Waals surface area (Å²) in [7, 11) is 3.07. The summed E-state index contributed by atoms with van der Waals surface area (Å²) in [5, 5.41) is 0. The van der Waals surface area contributed by atoms with Gasteiger partial charge in [0.25, 0.3) is 0 Å². The van der Waals surface area contributed by atoms with Crippen molar-refractivity contribution in [3.05, 3.63) is 0 Å². The van der Waals surface area contributed by atoms with Crippen LogP contribution in [-0.4, -0.2) is 26.0 Å². The molecule has 0 aliphatic heterocycles. The van der Waals surface area contributed by atoms with Gasteiger partial charge in [0.2, 0.25) is 0 Å². The lowest BCUT2D eigenvalue weighted by molar-refractivity contribution is 1.36. The van der Waals surface area contributed by atoms with E-state index in [2.05, 4.69) is 9.98 Å². The van der Waals surface area contributed by atoms with Gasteiger partial charge in [-0.25, -0.2) is 0 Å². The minimum Gasteiger partial charge on any atom is -0.370 e. The predicted molar refractivity (Wildman–Crippen MR) is 56.9 cm³/mol. The number of nitrogens with two attached hydrogens (primary N) is 4. The first kappa shape index (κ1) is 22.4. The molecule has 0 atom stereocenters. The Bertz CT molecular complexity index is 104. The lowest BCUT2D eigenvalue weighted by atomic mass is 11.1. The molecule has 0 unspecified atom stereocenters. The summed E-state index contributed by atoms with van der Waals surface area (Å²) in [6.07, 6.45) is 0. The SMILES string of the molecule is C.C.CN=C(N)N.CN=C(N)N. The highest BCUT2D eigenvalue weighted by molar-refractivity contribution is 5.75. The van der Waals surface area contributed by atoms with E-state index >= 15 is 0 Å². The van der Waals surface area contributed by atoms with Crippen molar-refractivity contribution in [3.8, 4) is 0 Å². The normalized spacial score (nSPS) is 5.50. The number of hydrogen-bond acceptors (Lipinski definition) is 2. The Labute approximate surface area is 74.7 Å². The summed E-state index contributed by atoms with van der Waals surface area (Å²) < 4.78 is 0. The lowest BCUT2D eigenvalue weighted by Crippen LogP contribution is -2.21. The van der Waals surface area contributed by atoms with Crippen molar-refractivity contribution in [2.45, 2.75) is 14.9 Å². The second kappa shape index (κ2) is 16.3. The van der Waals surface area contributed by atoms with Crippen LogP contribution in [0.3, 0.4) is 0 Å². The first-order valence-electron chi connectivity index (χ1n) is 2.50. The standard InChI is InChI=1S/2C2H7N3.2CH4/c2*1-5-2(3)4;;/h2*1H3,(H4,3,4,5);2*1H4. The van der Waals surface area contributed by atoms with E-state index in [1.54, 1.807) is 0 Å². The highest BCUT2D eigenvalue weighted by Gasteiger charge is 1.61. The zero-order valence-corrected chi connectivity index (χ0v) is 6.20. The van der Waals surface area contributed by atoms with Crippen molar-refractivity contribution < 1.29 is 0 Å². The molecule has 0 rings (SSSR count). The average Bonchev–Trinajstić information content (AvgIpc) is 1.89. The Morgan fingerprint density at radius 3 is 0.833 bits per heavy atom. The molecule has 6 nitrogen and oxygen atoms in total. The zero-order chi connectivity index (χ0) is 8.57. The van der Waals surface area contributed by atoms with Gasteiger partial charge in [-0.3, -0.25) is 9.98 Å². The lowest BCUT2D eigenvalue weighted by Gasteiger charge is -1.77.